The molecule has 6 nitrogen and oxygen atoms in total. The quantitative estimate of drug-likeness (QED) is 0.346. The van der Waals surface area contributed by atoms with Gasteiger partial charge in [-0.3, -0.25) is 9.69 Å². The topological polar surface area (TPSA) is 62.2 Å². The van der Waals surface area contributed by atoms with Gasteiger partial charge in [-0.2, -0.15) is 0 Å². The zero-order chi connectivity index (χ0) is 23.9. The predicted octanol–water partition coefficient (Wildman–Crippen LogP) is 3.84. The first-order valence-electron chi connectivity index (χ1n) is 12.2. The molecule has 7 heteroatoms. The molecule has 1 aliphatic carbocycles. The Bertz CT molecular complexity index is 940. The average molecular weight is 485 g/mol. The van der Waals surface area contributed by atoms with E-state index in [9.17, 15) is 9.90 Å². The largest absolute Gasteiger partial charge is 0.491 e. The minimum absolute atomic E-state index is 0.0919. The van der Waals surface area contributed by atoms with Crippen LogP contribution in [0.5, 0.6) is 5.75 Å². The van der Waals surface area contributed by atoms with Crippen LogP contribution in [0.15, 0.2) is 48.4 Å². The Labute approximate surface area is 206 Å². The maximum Gasteiger partial charge on any atom is 0.237 e. The summed E-state index contributed by atoms with van der Waals surface area (Å²) in [5.41, 5.74) is 2.39. The summed E-state index contributed by atoms with van der Waals surface area (Å²) in [7, 11) is 0. The Morgan fingerprint density at radius 3 is 2.85 bits per heavy atom. The lowest BCUT2D eigenvalue weighted by Gasteiger charge is -2.37. The van der Waals surface area contributed by atoms with Crippen molar-refractivity contribution in [2.75, 3.05) is 46.0 Å². The number of hydrogen-bond acceptors (Lipinski definition) is 6. The zero-order valence-corrected chi connectivity index (χ0v) is 20.8. The van der Waals surface area contributed by atoms with Crippen LogP contribution in [0.25, 0.3) is 0 Å². The molecule has 184 valence electrons. The van der Waals surface area contributed by atoms with E-state index in [4.69, 9.17) is 9.47 Å². The molecule has 0 radical (unpaired) electrons. The number of benzene rings is 1. The van der Waals surface area contributed by atoms with Crippen molar-refractivity contribution >= 4 is 17.2 Å². The number of aliphatic hydroxyl groups excluding tert-OH is 1. The van der Waals surface area contributed by atoms with Crippen LogP contribution in [-0.2, 0) is 16.0 Å². The minimum atomic E-state index is -0.628. The van der Waals surface area contributed by atoms with Crippen molar-refractivity contribution in [3.05, 3.63) is 64.4 Å². The monoisotopic (exact) mass is 484 g/mol. The fourth-order valence-electron chi connectivity index (χ4n) is 4.47. The first-order chi connectivity index (χ1) is 16.5. The van der Waals surface area contributed by atoms with E-state index in [1.54, 1.807) is 17.4 Å². The van der Waals surface area contributed by atoms with Gasteiger partial charge < -0.3 is 19.5 Å². The SMILES string of the molecule is C=CCOC[C@@H](O)CN(CC(=O)N1CCc2sccc2[C@@H]1COc1ccc(C)cc1)CC1CC1. The first kappa shape index (κ1) is 24.9. The summed E-state index contributed by atoms with van der Waals surface area (Å²) in [6.45, 7) is 9.05. The van der Waals surface area contributed by atoms with E-state index in [-0.39, 0.29) is 18.6 Å². The van der Waals surface area contributed by atoms with Crippen molar-refractivity contribution in [1.29, 1.82) is 0 Å². The number of ether oxygens (including phenoxy) is 2. The Kier molecular flexibility index (Phi) is 8.78. The van der Waals surface area contributed by atoms with E-state index in [1.807, 2.05) is 29.2 Å². The van der Waals surface area contributed by atoms with E-state index in [1.165, 1.54) is 28.8 Å². The van der Waals surface area contributed by atoms with Gasteiger partial charge in [0.1, 0.15) is 12.4 Å². The van der Waals surface area contributed by atoms with Crippen LogP contribution < -0.4 is 4.74 Å². The number of fused-ring (bicyclic) bond motifs is 1. The Morgan fingerprint density at radius 1 is 1.32 bits per heavy atom. The standard InChI is InChI=1S/C27H36N2O4S/c1-3-13-32-18-22(30)16-28(15-21-6-7-21)17-27(31)29-12-10-26-24(11-14-34-26)25(29)19-33-23-8-4-20(2)5-9-23/h3-5,8-9,11,14,21-22,25,30H,1,6-7,10,12-13,15-19H2,2H3/t22-,25-/m0/s1. The highest BCUT2D eigenvalue weighted by molar-refractivity contribution is 7.10. The number of carbonyl (C=O) groups excluding carboxylic acids is 1. The van der Waals surface area contributed by atoms with Crippen LogP contribution in [0.1, 0.15) is 34.9 Å². The lowest BCUT2D eigenvalue weighted by Crippen LogP contribution is -2.48. The number of aliphatic hydroxyl groups is 1. The summed E-state index contributed by atoms with van der Waals surface area (Å²) in [5, 5.41) is 12.6. The van der Waals surface area contributed by atoms with Crippen LogP contribution in [0.3, 0.4) is 0 Å². The summed E-state index contributed by atoms with van der Waals surface area (Å²) in [6.07, 6.45) is 4.31. The van der Waals surface area contributed by atoms with Crippen LogP contribution in [-0.4, -0.2) is 72.9 Å². The molecule has 0 unspecified atom stereocenters. The second-order valence-corrected chi connectivity index (χ2v) is 10.4. The van der Waals surface area contributed by atoms with Crippen molar-refractivity contribution in [2.24, 2.45) is 5.92 Å². The van der Waals surface area contributed by atoms with Gasteiger partial charge in [0.05, 0.1) is 31.9 Å². The highest BCUT2D eigenvalue weighted by Gasteiger charge is 2.34. The summed E-state index contributed by atoms with van der Waals surface area (Å²) in [5.74, 6) is 1.53. The van der Waals surface area contributed by atoms with Crippen molar-refractivity contribution < 1.29 is 19.4 Å². The van der Waals surface area contributed by atoms with Crippen LogP contribution in [0, 0.1) is 12.8 Å². The predicted molar refractivity (Wildman–Crippen MR) is 135 cm³/mol. The molecule has 34 heavy (non-hydrogen) atoms. The maximum atomic E-state index is 13.6. The summed E-state index contributed by atoms with van der Waals surface area (Å²) in [6, 6.07) is 10.1. The number of hydrogen-bond donors (Lipinski definition) is 1. The molecule has 1 aromatic heterocycles. The molecule has 2 heterocycles. The highest BCUT2D eigenvalue weighted by atomic mass is 32.1. The van der Waals surface area contributed by atoms with E-state index < -0.39 is 6.10 Å². The molecule has 2 atom stereocenters. The second kappa shape index (κ2) is 12.0. The lowest BCUT2D eigenvalue weighted by molar-refractivity contribution is -0.136. The number of thiophene rings is 1. The van der Waals surface area contributed by atoms with Crippen molar-refractivity contribution in [3.63, 3.8) is 0 Å². The van der Waals surface area contributed by atoms with E-state index in [0.717, 1.165) is 18.7 Å². The molecule has 1 amide bonds. The fourth-order valence-corrected chi connectivity index (χ4v) is 5.40. The third-order valence-corrected chi connectivity index (χ3v) is 7.43. The Hall–Kier alpha value is -2.19. The molecule has 0 saturated heterocycles. The van der Waals surface area contributed by atoms with Gasteiger partial charge in [0.2, 0.25) is 5.91 Å². The van der Waals surface area contributed by atoms with Crippen molar-refractivity contribution in [1.82, 2.24) is 9.80 Å². The third-order valence-electron chi connectivity index (χ3n) is 6.43. The van der Waals surface area contributed by atoms with Gasteiger partial charge in [-0.1, -0.05) is 23.8 Å². The number of rotatable bonds is 13. The number of nitrogens with zero attached hydrogens (tertiary/aromatic N) is 2. The van der Waals surface area contributed by atoms with Crippen LogP contribution in [0.4, 0.5) is 0 Å². The van der Waals surface area contributed by atoms with Crippen molar-refractivity contribution in [2.45, 2.75) is 38.3 Å². The van der Waals surface area contributed by atoms with Crippen LogP contribution >= 0.6 is 11.3 Å². The lowest BCUT2D eigenvalue weighted by atomic mass is 10.0. The van der Waals surface area contributed by atoms with Gasteiger partial charge in [0.15, 0.2) is 0 Å². The molecule has 1 N–H and O–H groups in total. The van der Waals surface area contributed by atoms with Gasteiger partial charge in [-0.25, -0.2) is 0 Å². The highest BCUT2D eigenvalue weighted by Crippen LogP contribution is 2.34. The molecule has 0 spiro atoms. The van der Waals surface area contributed by atoms with Crippen molar-refractivity contribution in [3.8, 4) is 5.75 Å². The normalized spacial score (nSPS) is 18.6. The molecule has 2 aromatic rings. The number of carbonyl (C=O) groups is 1. The van der Waals surface area contributed by atoms with Gasteiger partial charge >= 0.3 is 0 Å². The van der Waals surface area contributed by atoms with E-state index >= 15 is 0 Å². The zero-order valence-electron chi connectivity index (χ0n) is 20.0. The smallest absolute Gasteiger partial charge is 0.237 e. The fraction of sp³-hybridized carbons (Fsp3) is 0.519. The maximum absolute atomic E-state index is 13.6. The summed E-state index contributed by atoms with van der Waals surface area (Å²) in [4.78, 5) is 19.0. The van der Waals surface area contributed by atoms with Gasteiger partial charge in [-0.15, -0.1) is 17.9 Å². The van der Waals surface area contributed by atoms with Crippen LogP contribution in [0.2, 0.25) is 0 Å². The molecule has 1 aliphatic heterocycles. The van der Waals surface area contributed by atoms with Gasteiger partial charge in [-0.05, 0) is 61.2 Å². The number of amides is 1. The van der Waals surface area contributed by atoms with E-state index in [2.05, 4.69) is 29.8 Å². The summed E-state index contributed by atoms with van der Waals surface area (Å²) < 4.78 is 11.5. The summed E-state index contributed by atoms with van der Waals surface area (Å²) >= 11 is 1.76. The average Bonchev–Trinajstić information content (AvgIpc) is 3.50. The molecule has 0 bridgehead atoms. The molecule has 2 aliphatic rings. The van der Waals surface area contributed by atoms with E-state index in [0.29, 0.717) is 38.8 Å². The molecule has 1 aromatic carbocycles. The Balaban J connectivity index is 1.41. The third kappa shape index (κ3) is 6.92. The molecule has 1 fully saturated rings. The van der Waals surface area contributed by atoms with Gasteiger partial charge in [0, 0.05) is 24.5 Å². The minimum Gasteiger partial charge on any atom is -0.491 e. The molecule has 1 saturated carbocycles. The molecular weight excluding hydrogens is 448 g/mol. The first-order valence-corrected chi connectivity index (χ1v) is 13.1. The Morgan fingerprint density at radius 2 is 2.12 bits per heavy atom. The number of aryl methyl sites for hydroxylation is 1. The molecule has 4 rings (SSSR count). The second-order valence-electron chi connectivity index (χ2n) is 9.39. The van der Waals surface area contributed by atoms with Gasteiger partial charge in [0.25, 0.3) is 0 Å². The molecular formula is C27H36N2O4S.